The van der Waals surface area contributed by atoms with Crippen LogP contribution in [0.15, 0.2) is 0 Å². The van der Waals surface area contributed by atoms with Gasteiger partial charge in [0.2, 0.25) is 5.13 Å². The van der Waals surface area contributed by atoms with E-state index in [1.807, 2.05) is 0 Å². The van der Waals surface area contributed by atoms with Crippen molar-refractivity contribution < 1.29 is 0 Å². The van der Waals surface area contributed by atoms with Gasteiger partial charge in [-0.2, -0.15) is 0 Å². The van der Waals surface area contributed by atoms with Gasteiger partial charge in [0.15, 0.2) is 5.01 Å². The maximum Gasteiger partial charge on any atom is 0.206 e. The minimum Gasteiger partial charge on any atom is -0.358 e. The van der Waals surface area contributed by atoms with Crippen molar-refractivity contribution in [2.24, 2.45) is 0 Å². The first kappa shape index (κ1) is 15.4. The van der Waals surface area contributed by atoms with Gasteiger partial charge >= 0.3 is 0 Å². The van der Waals surface area contributed by atoms with Crippen molar-refractivity contribution in [2.45, 2.75) is 59.4 Å². The van der Waals surface area contributed by atoms with Crippen LogP contribution in [0.5, 0.6) is 0 Å². The second kappa shape index (κ2) is 7.13. The normalized spacial score (nSPS) is 11.2. The van der Waals surface area contributed by atoms with Crippen LogP contribution in [0.4, 0.5) is 5.13 Å². The molecule has 20 heavy (non-hydrogen) atoms. The Balaban J connectivity index is 2.27. The lowest BCUT2D eigenvalue weighted by molar-refractivity contribution is 0.858. The maximum atomic E-state index is 4.77. The van der Waals surface area contributed by atoms with Crippen molar-refractivity contribution in [1.82, 2.24) is 15.2 Å². The first-order valence-electron chi connectivity index (χ1n) is 7.23. The quantitative estimate of drug-likeness (QED) is 0.824. The molecule has 0 atom stereocenters. The van der Waals surface area contributed by atoms with E-state index in [0.717, 1.165) is 35.8 Å². The van der Waals surface area contributed by atoms with Gasteiger partial charge in [0.1, 0.15) is 0 Å². The fourth-order valence-corrected chi connectivity index (χ4v) is 4.11. The summed E-state index contributed by atoms with van der Waals surface area (Å²) in [6.45, 7) is 8.59. The molecule has 0 aliphatic heterocycles. The van der Waals surface area contributed by atoms with E-state index in [2.05, 4.69) is 43.2 Å². The summed E-state index contributed by atoms with van der Waals surface area (Å²) in [5.41, 5.74) is 1.19. The molecular formula is C14H22N4S2. The summed E-state index contributed by atoms with van der Waals surface area (Å²) in [4.78, 5) is 5.99. The number of thiazole rings is 1. The molecule has 0 bridgehead atoms. The Morgan fingerprint density at radius 2 is 1.80 bits per heavy atom. The first-order valence-corrected chi connectivity index (χ1v) is 8.86. The average Bonchev–Trinajstić information content (AvgIpc) is 2.97. The molecule has 0 spiro atoms. The molecule has 0 radical (unpaired) electrons. The van der Waals surface area contributed by atoms with Crippen LogP contribution in [0.3, 0.4) is 0 Å². The van der Waals surface area contributed by atoms with Gasteiger partial charge in [-0.15, -0.1) is 21.5 Å². The Bertz CT molecular complexity index is 545. The van der Waals surface area contributed by atoms with Crippen molar-refractivity contribution >= 4 is 27.8 Å². The number of hydrogen-bond acceptors (Lipinski definition) is 6. The maximum absolute atomic E-state index is 4.77. The molecule has 6 heteroatoms. The third kappa shape index (κ3) is 3.76. The number of hydrogen-bond donors (Lipinski definition) is 1. The molecule has 0 unspecified atom stereocenters. The van der Waals surface area contributed by atoms with E-state index in [-0.39, 0.29) is 0 Å². The fourth-order valence-electron chi connectivity index (χ4n) is 1.92. The van der Waals surface area contributed by atoms with E-state index < -0.39 is 0 Å². The zero-order chi connectivity index (χ0) is 14.5. The van der Waals surface area contributed by atoms with E-state index in [1.165, 1.54) is 15.6 Å². The predicted octanol–water partition coefficient (Wildman–Crippen LogP) is 4.39. The summed E-state index contributed by atoms with van der Waals surface area (Å²) in [6.07, 6.45) is 4.31. The smallest absolute Gasteiger partial charge is 0.206 e. The van der Waals surface area contributed by atoms with Crippen molar-refractivity contribution in [2.75, 3.05) is 5.32 Å². The molecule has 0 fully saturated rings. The highest BCUT2D eigenvalue weighted by Gasteiger charge is 2.16. The van der Waals surface area contributed by atoms with Gasteiger partial charge in [-0.05, 0) is 33.1 Å². The minimum absolute atomic E-state index is 0.378. The third-order valence-corrected chi connectivity index (χ3v) is 4.89. The molecule has 0 aromatic carbocycles. The lowest BCUT2D eigenvalue weighted by atomic mass is 10.2. The summed E-state index contributed by atoms with van der Waals surface area (Å²) in [5.74, 6) is 0. The van der Waals surface area contributed by atoms with Gasteiger partial charge in [-0.25, -0.2) is 4.98 Å². The molecule has 2 aromatic rings. The highest BCUT2D eigenvalue weighted by molar-refractivity contribution is 7.23. The SMILES string of the molecule is CCCc1nc(CCC)c(-c2nnc(NC(C)C)s2)s1. The Labute approximate surface area is 128 Å². The largest absolute Gasteiger partial charge is 0.358 e. The topological polar surface area (TPSA) is 50.7 Å². The molecule has 0 saturated heterocycles. The molecule has 4 nitrogen and oxygen atoms in total. The molecule has 0 aliphatic rings. The van der Waals surface area contributed by atoms with Crippen LogP contribution >= 0.6 is 22.7 Å². The lowest BCUT2D eigenvalue weighted by Gasteiger charge is -2.03. The molecule has 110 valence electrons. The van der Waals surface area contributed by atoms with Gasteiger partial charge in [-0.1, -0.05) is 31.6 Å². The van der Waals surface area contributed by atoms with Gasteiger partial charge in [0.25, 0.3) is 0 Å². The highest BCUT2D eigenvalue weighted by Crippen LogP contribution is 2.35. The Morgan fingerprint density at radius 1 is 1.05 bits per heavy atom. The van der Waals surface area contributed by atoms with E-state index in [9.17, 15) is 0 Å². The summed E-state index contributed by atoms with van der Waals surface area (Å²) in [7, 11) is 0. The van der Waals surface area contributed by atoms with Crippen LogP contribution in [-0.4, -0.2) is 21.2 Å². The minimum atomic E-state index is 0.378. The van der Waals surface area contributed by atoms with Gasteiger partial charge < -0.3 is 5.32 Å². The Morgan fingerprint density at radius 3 is 2.45 bits per heavy atom. The number of aromatic nitrogens is 3. The fraction of sp³-hybridized carbons (Fsp3) is 0.643. The monoisotopic (exact) mass is 310 g/mol. The lowest BCUT2D eigenvalue weighted by Crippen LogP contribution is -2.08. The van der Waals surface area contributed by atoms with Crippen LogP contribution in [0, 0.1) is 0 Å². The number of anilines is 1. The van der Waals surface area contributed by atoms with Crippen molar-refractivity contribution in [3.05, 3.63) is 10.7 Å². The number of rotatable bonds is 7. The molecule has 2 rings (SSSR count). The second-order valence-corrected chi connectivity index (χ2v) is 7.16. The number of nitrogens with one attached hydrogen (secondary N) is 1. The molecule has 2 aromatic heterocycles. The van der Waals surface area contributed by atoms with Crippen molar-refractivity contribution in [3.8, 4) is 9.88 Å². The molecule has 0 aliphatic carbocycles. The van der Waals surface area contributed by atoms with Crippen molar-refractivity contribution in [1.29, 1.82) is 0 Å². The average molecular weight is 310 g/mol. The van der Waals surface area contributed by atoms with Crippen LogP contribution in [0.25, 0.3) is 9.88 Å². The zero-order valence-electron chi connectivity index (χ0n) is 12.6. The van der Waals surface area contributed by atoms with Crippen molar-refractivity contribution in [3.63, 3.8) is 0 Å². The molecule has 0 saturated carbocycles. The van der Waals surface area contributed by atoms with Crippen LogP contribution in [0.2, 0.25) is 0 Å². The number of nitrogens with zero attached hydrogens (tertiary/aromatic N) is 3. The molecule has 0 amide bonds. The molecule has 1 N–H and O–H groups in total. The Kier molecular flexibility index (Phi) is 5.48. The summed E-state index contributed by atoms with van der Waals surface area (Å²) < 4.78 is 0. The van der Waals surface area contributed by atoms with E-state index in [4.69, 9.17) is 4.98 Å². The second-order valence-electron chi connectivity index (χ2n) is 5.09. The number of aryl methyl sites for hydroxylation is 2. The summed E-state index contributed by atoms with van der Waals surface area (Å²) in [6, 6.07) is 0.378. The summed E-state index contributed by atoms with van der Waals surface area (Å²) >= 11 is 3.40. The van der Waals surface area contributed by atoms with E-state index in [0.29, 0.717) is 6.04 Å². The predicted molar refractivity (Wildman–Crippen MR) is 87.8 cm³/mol. The summed E-state index contributed by atoms with van der Waals surface area (Å²) in [5, 5.41) is 15.0. The Hall–Kier alpha value is -1.01. The highest BCUT2D eigenvalue weighted by atomic mass is 32.1. The van der Waals surface area contributed by atoms with E-state index >= 15 is 0 Å². The standard InChI is InChI=1S/C14H22N4S2/c1-5-7-10-12(19-11(16-10)8-6-2)13-17-18-14(20-13)15-9(3)4/h9H,5-8H2,1-4H3,(H,15,18). The molecule has 2 heterocycles. The van der Waals surface area contributed by atoms with Gasteiger partial charge in [0.05, 0.1) is 15.6 Å². The zero-order valence-corrected chi connectivity index (χ0v) is 14.2. The first-order chi connectivity index (χ1) is 9.63. The van der Waals surface area contributed by atoms with E-state index in [1.54, 1.807) is 22.7 Å². The van der Waals surface area contributed by atoms with Crippen LogP contribution < -0.4 is 5.32 Å². The van der Waals surface area contributed by atoms with Crippen LogP contribution in [-0.2, 0) is 12.8 Å². The molecular weight excluding hydrogens is 288 g/mol. The van der Waals surface area contributed by atoms with Gasteiger partial charge in [-0.3, -0.25) is 0 Å². The van der Waals surface area contributed by atoms with Crippen LogP contribution in [0.1, 0.15) is 51.2 Å². The third-order valence-electron chi connectivity index (χ3n) is 2.72. The van der Waals surface area contributed by atoms with Gasteiger partial charge in [0, 0.05) is 6.04 Å².